The topological polar surface area (TPSA) is 95.6 Å². The summed E-state index contributed by atoms with van der Waals surface area (Å²) >= 11 is 12.0. The maximum absolute atomic E-state index is 12.8. The molecule has 3 N–H and O–H groups in total. The van der Waals surface area contributed by atoms with Gasteiger partial charge in [0.15, 0.2) is 0 Å². The molecule has 0 saturated carbocycles. The quantitative estimate of drug-likeness (QED) is 0.744. The first kappa shape index (κ1) is 21.3. The number of rotatable bonds is 4. The molecule has 2 heterocycles. The Bertz CT molecular complexity index is 949. The lowest BCUT2D eigenvalue weighted by Gasteiger charge is -2.37. The summed E-state index contributed by atoms with van der Waals surface area (Å²) in [6.07, 6.45) is 2.06. The Morgan fingerprint density at radius 3 is 2.67 bits per heavy atom. The molecule has 160 valence electrons. The van der Waals surface area contributed by atoms with Crippen LogP contribution in [0.25, 0.3) is 0 Å². The van der Waals surface area contributed by atoms with E-state index in [0.29, 0.717) is 49.1 Å². The molecule has 1 aliphatic heterocycles. The summed E-state index contributed by atoms with van der Waals surface area (Å²) in [6, 6.07) is 4.67. The number of halogens is 2. The highest BCUT2D eigenvalue weighted by atomic mass is 35.5. The van der Waals surface area contributed by atoms with Crippen molar-refractivity contribution < 1.29 is 9.90 Å². The lowest BCUT2D eigenvalue weighted by molar-refractivity contribution is -0.132. The van der Waals surface area contributed by atoms with Crippen molar-refractivity contribution in [2.24, 2.45) is 5.73 Å². The van der Waals surface area contributed by atoms with Gasteiger partial charge in [-0.3, -0.25) is 4.79 Å². The van der Waals surface area contributed by atoms with Crippen LogP contribution in [0.5, 0.6) is 0 Å². The van der Waals surface area contributed by atoms with Gasteiger partial charge in [-0.05, 0) is 36.5 Å². The number of fused-ring (bicyclic) bond motifs is 1. The molecular weight excluding hydrogens is 425 g/mol. The number of hydrogen-bond donors (Lipinski definition) is 2. The SMILES string of the molecule is C[C@@H]1CC(O)c2ncnc(N3CCN(C(=O)C(N)Cc4ccc(Cl)c(Cl)c4)CC3)c21. The number of benzene rings is 1. The first-order valence-electron chi connectivity index (χ1n) is 10.1. The number of aliphatic hydroxyl groups excluding tert-OH is 1. The molecule has 7 nitrogen and oxygen atoms in total. The van der Waals surface area contributed by atoms with E-state index >= 15 is 0 Å². The lowest BCUT2D eigenvalue weighted by atomic mass is 10.0. The fourth-order valence-electron chi connectivity index (χ4n) is 4.34. The van der Waals surface area contributed by atoms with Crippen molar-refractivity contribution in [1.29, 1.82) is 0 Å². The van der Waals surface area contributed by atoms with Crippen molar-refractivity contribution in [2.45, 2.75) is 37.8 Å². The van der Waals surface area contributed by atoms with E-state index in [0.717, 1.165) is 22.6 Å². The van der Waals surface area contributed by atoms with Crippen molar-refractivity contribution >= 4 is 34.9 Å². The number of aliphatic hydroxyl groups is 1. The van der Waals surface area contributed by atoms with Crippen molar-refractivity contribution in [3.63, 3.8) is 0 Å². The third kappa shape index (κ3) is 4.12. The maximum atomic E-state index is 12.8. The molecule has 1 fully saturated rings. The molecule has 2 aromatic rings. The molecule has 0 bridgehead atoms. The molecule has 0 radical (unpaired) electrons. The highest BCUT2D eigenvalue weighted by Crippen LogP contribution is 2.42. The number of carbonyl (C=O) groups excluding carboxylic acids is 1. The van der Waals surface area contributed by atoms with Gasteiger partial charge in [0.2, 0.25) is 5.91 Å². The summed E-state index contributed by atoms with van der Waals surface area (Å²) < 4.78 is 0. The predicted molar refractivity (Wildman–Crippen MR) is 117 cm³/mol. The van der Waals surface area contributed by atoms with Gasteiger partial charge >= 0.3 is 0 Å². The fraction of sp³-hybridized carbons (Fsp3) is 0.476. The van der Waals surface area contributed by atoms with Gasteiger partial charge in [-0.25, -0.2) is 9.97 Å². The van der Waals surface area contributed by atoms with Gasteiger partial charge in [-0.1, -0.05) is 36.2 Å². The second-order valence-corrected chi connectivity index (χ2v) is 8.83. The largest absolute Gasteiger partial charge is 0.387 e. The standard InChI is InChI=1S/C21H25Cl2N5O2/c1-12-8-17(29)19-18(12)20(26-11-25-19)27-4-6-28(7-5-27)21(30)16(24)10-13-2-3-14(22)15(23)9-13/h2-3,9,11-12,16-17,29H,4-8,10,24H2,1H3/t12-,16?,17?/m1/s1. The zero-order valence-corrected chi connectivity index (χ0v) is 18.3. The molecule has 3 atom stereocenters. The van der Waals surface area contributed by atoms with E-state index in [9.17, 15) is 9.90 Å². The lowest BCUT2D eigenvalue weighted by Crippen LogP contribution is -2.54. The monoisotopic (exact) mass is 449 g/mol. The summed E-state index contributed by atoms with van der Waals surface area (Å²) in [5.74, 6) is 1.01. The van der Waals surface area contributed by atoms with Crippen molar-refractivity contribution in [3.8, 4) is 0 Å². The second-order valence-electron chi connectivity index (χ2n) is 8.02. The summed E-state index contributed by atoms with van der Waals surface area (Å²) in [5, 5.41) is 11.2. The van der Waals surface area contributed by atoms with Crippen LogP contribution in [0.3, 0.4) is 0 Å². The zero-order valence-electron chi connectivity index (χ0n) is 16.8. The van der Waals surface area contributed by atoms with E-state index in [1.165, 1.54) is 6.33 Å². The Balaban J connectivity index is 1.39. The average molecular weight is 450 g/mol. The van der Waals surface area contributed by atoms with Crippen LogP contribution in [0.2, 0.25) is 10.0 Å². The van der Waals surface area contributed by atoms with Crippen LogP contribution in [-0.4, -0.2) is 58.1 Å². The average Bonchev–Trinajstić information content (AvgIpc) is 3.04. The molecule has 2 unspecified atom stereocenters. The number of hydrogen-bond acceptors (Lipinski definition) is 6. The fourth-order valence-corrected chi connectivity index (χ4v) is 4.66. The van der Waals surface area contributed by atoms with Crippen LogP contribution in [-0.2, 0) is 11.2 Å². The Labute approximate surface area is 185 Å². The smallest absolute Gasteiger partial charge is 0.239 e. The van der Waals surface area contributed by atoms with E-state index < -0.39 is 12.1 Å². The van der Waals surface area contributed by atoms with Gasteiger partial charge in [-0.2, -0.15) is 0 Å². The van der Waals surface area contributed by atoms with Crippen molar-refractivity contribution in [3.05, 3.63) is 51.4 Å². The molecule has 30 heavy (non-hydrogen) atoms. The van der Waals surface area contributed by atoms with E-state index in [2.05, 4.69) is 21.8 Å². The molecule has 1 saturated heterocycles. The van der Waals surface area contributed by atoms with Gasteiger partial charge in [0.1, 0.15) is 12.1 Å². The van der Waals surface area contributed by atoms with Crippen molar-refractivity contribution in [2.75, 3.05) is 31.1 Å². The molecular formula is C21H25Cl2N5O2. The molecule has 2 aliphatic rings. The van der Waals surface area contributed by atoms with Gasteiger partial charge in [0.05, 0.1) is 27.9 Å². The number of amides is 1. The number of piperazine rings is 1. The zero-order chi connectivity index (χ0) is 21.4. The van der Waals surface area contributed by atoms with E-state index in [4.69, 9.17) is 28.9 Å². The van der Waals surface area contributed by atoms with E-state index in [1.54, 1.807) is 17.0 Å². The highest BCUT2D eigenvalue weighted by Gasteiger charge is 2.34. The summed E-state index contributed by atoms with van der Waals surface area (Å²) in [6.45, 7) is 4.56. The first-order valence-corrected chi connectivity index (χ1v) is 10.9. The first-order chi connectivity index (χ1) is 14.3. The van der Waals surface area contributed by atoms with Crippen LogP contribution >= 0.6 is 23.2 Å². The number of carbonyl (C=O) groups is 1. The minimum absolute atomic E-state index is 0.0718. The van der Waals surface area contributed by atoms with Crippen LogP contribution in [0.15, 0.2) is 24.5 Å². The molecule has 9 heteroatoms. The second kappa shape index (κ2) is 8.67. The highest BCUT2D eigenvalue weighted by molar-refractivity contribution is 6.42. The summed E-state index contributed by atoms with van der Waals surface area (Å²) in [7, 11) is 0. The predicted octanol–water partition coefficient (Wildman–Crippen LogP) is 2.54. The number of anilines is 1. The Morgan fingerprint density at radius 1 is 1.23 bits per heavy atom. The third-order valence-electron chi connectivity index (χ3n) is 5.93. The summed E-state index contributed by atoms with van der Waals surface area (Å²) in [4.78, 5) is 25.6. The molecule has 1 aliphatic carbocycles. The number of nitrogens with zero attached hydrogens (tertiary/aromatic N) is 4. The Morgan fingerprint density at radius 2 is 1.97 bits per heavy atom. The minimum Gasteiger partial charge on any atom is -0.387 e. The van der Waals surface area contributed by atoms with Crippen LogP contribution in [0.1, 0.15) is 42.2 Å². The molecule has 1 amide bonds. The van der Waals surface area contributed by atoms with Gasteiger partial charge < -0.3 is 20.6 Å². The molecule has 1 aromatic carbocycles. The van der Waals surface area contributed by atoms with Crippen LogP contribution in [0.4, 0.5) is 5.82 Å². The third-order valence-corrected chi connectivity index (χ3v) is 6.67. The van der Waals surface area contributed by atoms with Crippen LogP contribution in [0, 0.1) is 0 Å². The minimum atomic E-state index is -0.632. The Kier molecular flexibility index (Phi) is 6.16. The normalized spacial score (nSPS) is 22.2. The molecule has 4 rings (SSSR count). The number of nitrogens with two attached hydrogens (primary N) is 1. The molecule has 1 aromatic heterocycles. The van der Waals surface area contributed by atoms with Gasteiger partial charge in [0.25, 0.3) is 0 Å². The van der Waals surface area contributed by atoms with Crippen LogP contribution < -0.4 is 10.6 Å². The summed E-state index contributed by atoms with van der Waals surface area (Å²) in [5.41, 5.74) is 8.83. The van der Waals surface area contributed by atoms with E-state index in [1.807, 2.05) is 6.07 Å². The van der Waals surface area contributed by atoms with Gasteiger partial charge in [-0.15, -0.1) is 0 Å². The molecule has 0 spiro atoms. The number of aromatic nitrogens is 2. The van der Waals surface area contributed by atoms with E-state index in [-0.39, 0.29) is 11.8 Å². The van der Waals surface area contributed by atoms with Crippen molar-refractivity contribution in [1.82, 2.24) is 14.9 Å². The Hall–Kier alpha value is -1.93. The van der Waals surface area contributed by atoms with Gasteiger partial charge in [0, 0.05) is 31.7 Å². The maximum Gasteiger partial charge on any atom is 0.239 e.